The summed E-state index contributed by atoms with van der Waals surface area (Å²) in [5.41, 5.74) is 3.21. The first-order chi connectivity index (χ1) is 20.0. The minimum absolute atomic E-state index is 0.217. The number of amides is 1. The van der Waals surface area contributed by atoms with E-state index >= 15 is 0 Å². The molecule has 3 unspecified atom stereocenters. The summed E-state index contributed by atoms with van der Waals surface area (Å²) < 4.78 is 54.1. The summed E-state index contributed by atoms with van der Waals surface area (Å²) in [5, 5.41) is 4.73. The smallest absolute Gasteiger partial charge is 0.237 e. The summed E-state index contributed by atoms with van der Waals surface area (Å²) >= 11 is -2.72. The quantitative estimate of drug-likeness (QED) is 0.285. The van der Waals surface area contributed by atoms with Gasteiger partial charge in [0.05, 0.1) is 29.9 Å². The summed E-state index contributed by atoms with van der Waals surface area (Å²) in [6, 6.07) is 25.9. The van der Waals surface area contributed by atoms with Gasteiger partial charge in [0.25, 0.3) is 0 Å². The fourth-order valence-corrected chi connectivity index (χ4v) is 7.48. The Bertz CT molecular complexity index is 1730. The van der Waals surface area contributed by atoms with E-state index in [-0.39, 0.29) is 12.2 Å². The van der Waals surface area contributed by atoms with Gasteiger partial charge in [-0.15, -0.1) is 0 Å². The molecule has 9 nitrogen and oxygen atoms in total. The van der Waals surface area contributed by atoms with Crippen LogP contribution in [0.5, 0.6) is 0 Å². The average molecular weight is 606 g/mol. The first-order valence-electron chi connectivity index (χ1n) is 13.5. The highest BCUT2D eigenvalue weighted by Gasteiger charge is 2.36. The fourth-order valence-electron chi connectivity index (χ4n) is 5.43. The number of carbonyl (C=O) groups is 1. The van der Waals surface area contributed by atoms with Crippen molar-refractivity contribution in [3.63, 3.8) is 0 Å². The number of rotatable bonds is 9. The van der Waals surface area contributed by atoms with Crippen LogP contribution in [-0.2, 0) is 32.6 Å². The Balaban J connectivity index is 1.47. The summed E-state index contributed by atoms with van der Waals surface area (Å²) in [6.45, 7) is 0.633. The molecule has 0 aromatic heterocycles. The molecule has 0 bridgehead atoms. The van der Waals surface area contributed by atoms with Crippen LogP contribution in [0.15, 0.2) is 91.0 Å². The van der Waals surface area contributed by atoms with Crippen molar-refractivity contribution < 1.29 is 22.0 Å². The van der Waals surface area contributed by atoms with Gasteiger partial charge in [-0.1, -0.05) is 72.8 Å². The molecule has 1 aliphatic heterocycles. The van der Waals surface area contributed by atoms with E-state index < -0.39 is 39.3 Å². The SMILES string of the molecule is CN(C)Cc1ccc2c(c1)N(C)S(=O)(=O)CC2NC(=O)CC(c1ccccc1)N(c1ccc2ccccc2c1)S(=O)[O-]. The van der Waals surface area contributed by atoms with Gasteiger partial charge in [0.15, 0.2) is 0 Å². The van der Waals surface area contributed by atoms with Crippen molar-refractivity contribution in [3.05, 3.63) is 108 Å². The van der Waals surface area contributed by atoms with Crippen molar-refractivity contribution in [3.8, 4) is 0 Å². The lowest BCUT2D eigenvalue weighted by molar-refractivity contribution is -0.122. The first kappa shape index (κ1) is 29.7. The number of hydrogen-bond donors (Lipinski definition) is 1. The molecule has 4 aromatic carbocycles. The van der Waals surface area contributed by atoms with Gasteiger partial charge < -0.3 is 14.8 Å². The molecule has 0 aliphatic carbocycles. The van der Waals surface area contributed by atoms with Gasteiger partial charge in [-0.3, -0.25) is 17.6 Å². The zero-order valence-electron chi connectivity index (χ0n) is 23.6. The van der Waals surface area contributed by atoms with Crippen LogP contribution in [0.4, 0.5) is 11.4 Å². The lowest BCUT2D eigenvalue weighted by Gasteiger charge is -2.36. The maximum Gasteiger partial charge on any atom is 0.237 e. The minimum Gasteiger partial charge on any atom is -0.755 e. The van der Waals surface area contributed by atoms with E-state index in [1.165, 1.54) is 15.7 Å². The van der Waals surface area contributed by atoms with Crippen LogP contribution in [0.3, 0.4) is 0 Å². The molecule has 1 N–H and O–H groups in total. The van der Waals surface area contributed by atoms with Gasteiger partial charge in [0.1, 0.15) is 0 Å². The van der Waals surface area contributed by atoms with E-state index in [1.54, 1.807) is 36.4 Å². The zero-order chi connectivity index (χ0) is 30.0. The van der Waals surface area contributed by atoms with Gasteiger partial charge in [-0.2, -0.15) is 0 Å². The van der Waals surface area contributed by atoms with Gasteiger partial charge in [0, 0.05) is 30.5 Å². The number of hydrogen-bond acceptors (Lipinski definition) is 6. The monoisotopic (exact) mass is 605 g/mol. The van der Waals surface area contributed by atoms with Crippen molar-refractivity contribution in [1.29, 1.82) is 0 Å². The normalized spacial score (nSPS) is 17.5. The Morgan fingerprint density at radius 1 is 1.00 bits per heavy atom. The molecule has 0 spiro atoms. The molecular formula is C31H33N4O5S2-. The second-order valence-corrected chi connectivity index (χ2v) is 13.6. The van der Waals surface area contributed by atoms with Crippen LogP contribution >= 0.6 is 0 Å². The van der Waals surface area contributed by atoms with E-state index in [0.717, 1.165) is 16.3 Å². The minimum atomic E-state index is -3.69. The van der Waals surface area contributed by atoms with Crippen molar-refractivity contribution in [2.75, 3.05) is 35.5 Å². The molecular weight excluding hydrogens is 572 g/mol. The molecule has 0 fully saturated rings. The summed E-state index contributed by atoms with van der Waals surface area (Å²) in [7, 11) is 1.69. The third-order valence-electron chi connectivity index (χ3n) is 7.43. The number of anilines is 2. The van der Waals surface area contributed by atoms with Gasteiger partial charge in [0.2, 0.25) is 15.9 Å². The first-order valence-corrected chi connectivity index (χ1v) is 16.1. The van der Waals surface area contributed by atoms with Gasteiger partial charge >= 0.3 is 0 Å². The molecule has 0 saturated carbocycles. The lowest BCUT2D eigenvalue weighted by Crippen LogP contribution is -2.44. The van der Waals surface area contributed by atoms with Crippen LogP contribution in [0.1, 0.15) is 35.2 Å². The molecule has 1 heterocycles. The highest BCUT2D eigenvalue weighted by molar-refractivity contribution is 7.92. The van der Waals surface area contributed by atoms with Crippen LogP contribution < -0.4 is 13.9 Å². The Morgan fingerprint density at radius 3 is 2.38 bits per heavy atom. The Morgan fingerprint density at radius 2 is 1.69 bits per heavy atom. The summed E-state index contributed by atoms with van der Waals surface area (Å²) in [5.74, 6) is -0.763. The predicted molar refractivity (Wildman–Crippen MR) is 166 cm³/mol. The van der Waals surface area contributed by atoms with Gasteiger partial charge in [-0.05, 0) is 59.8 Å². The van der Waals surface area contributed by atoms with Crippen molar-refractivity contribution >= 4 is 49.3 Å². The molecule has 0 saturated heterocycles. The van der Waals surface area contributed by atoms with E-state index in [1.807, 2.05) is 73.6 Å². The van der Waals surface area contributed by atoms with Crippen molar-refractivity contribution in [1.82, 2.24) is 10.2 Å². The molecule has 5 rings (SSSR count). The lowest BCUT2D eigenvalue weighted by atomic mass is 10.00. The van der Waals surface area contributed by atoms with Crippen molar-refractivity contribution in [2.24, 2.45) is 0 Å². The number of nitrogens with zero attached hydrogens (tertiary/aromatic N) is 3. The molecule has 11 heteroatoms. The second-order valence-electron chi connectivity index (χ2n) is 10.7. The number of sulfonamides is 1. The van der Waals surface area contributed by atoms with Crippen LogP contribution in [0, 0.1) is 0 Å². The van der Waals surface area contributed by atoms with E-state index in [2.05, 4.69) is 5.32 Å². The van der Waals surface area contributed by atoms with Crippen LogP contribution in [0.25, 0.3) is 10.8 Å². The Kier molecular flexibility index (Phi) is 8.65. The van der Waals surface area contributed by atoms with E-state index in [0.29, 0.717) is 29.0 Å². The number of benzene rings is 4. The maximum atomic E-state index is 13.6. The molecule has 4 aromatic rings. The third-order valence-corrected chi connectivity index (χ3v) is 10.0. The fraction of sp³-hybridized carbons (Fsp3) is 0.258. The number of nitrogens with one attached hydrogen (secondary N) is 1. The standard InChI is InChI=1S/C31H34N4O5S2/c1-33(2)20-22-13-16-27-28(21-42(39,40)34(3)30(27)17-22)32-31(36)19-29(24-10-5-4-6-11-24)35(41(37)38)26-15-14-23-9-7-8-12-25(23)18-26/h4-18,28-29H,19-21H2,1-3H3,(H,32,36)(H,37,38)/p-1. The molecule has 1 aliphatic rings. The third kappa shape index (κ3) is 6.34. The van der Waals surface area contributed by atoms with E-state index in [4.69, 9.17) is 0 Å². The van der Waals surface area contributed by atoms with Gasteiger partial charge in [-0.25, -0.2) is 8.42 Å². The molecule has 42 heavy (non-hydrogen) atoms. The predicted octanol–water partition coefficient (Wildman–Crippen LogP) is 4.27. The number of fused-ring (bicyclic) bond motifs is 2. The summed E-state index contributed by atoms with van der Waals surface area (Å²) in [6.07, 6.45) is -0.217. The molecule has 1 amide bonds. The average Bonchev–Trinajstić information content (AvgIpc) is 2.95. The summed E-state index contributed by atoms with van der Waals surface area (Å²) in [4.78, 5) is 15.6. The second kappa shape index (κ2) is 12.2. The molecule has 220 valence electrons. The van der Waals surface area contributed by atoms with Crippen LogP contribution in [0.2, 0.25) is 0 Å². The van der Waals surface area contributed by atoms with Crippen LogP contribution in [-0.4, -0.2) is 54.9 Å². The Hall–Kier alpha value is -3.77. The zero-order valence-corrected chi connectivity index (χ0v) is 25.3. The number of carbonyl (C=O) groups excluding carboxylic acids is 1. The Labute approximate surface area is 249 Å². The van der Waals surface area contributed by atoms with Crippen molar-refractivity contribution in [2.45, 2.75) is 25.0 Å². The highest BCUT2D eigenvalue weighted by atomic mass is 32.2. The molecule has 0 radical (unpaired) electrons. The largest absolute Gasteiger partial charge is 0.755 e. The van der Waals surface area contributed by atoms with E-state index in [9.17, 15) is 22.0 Å². The highest BCUT2D eigenvalue weighted by Crippen LogP contribution is 2.37. The topological polar surface area (TPSA) is 113 Å². The maximum absolute atomic E-state index is 13.6. The molecule has 3 atom stereocenters.